The van der Waals surface area contributed by atoms with Crippen LogP contribution in [-0.4, -0.2) is 4.98 Å². The van der Waals surface area contributed by atoms with Gasteiger partial charge >= 0.3 is 0 Å². The molecule has 0 saturated heterocycles. The number of hydrogen-bond donors (Lipinski definition) is 1. The van der Waals surface area contributed by atoms with Crippen LogP contribution >= 0.6 is 11.3 Å². The lowest BCUT2D eigenvalue weighted by molar-refractivity contribution is 1.01. The zero-order valence-corrected chi connectivity index (χ0v) is 8.79. The molecule has 4 heteroatoms. The van der Waals surface area contributed by atoms with Gasteiger partial charge in [-0.3, -0.25) is 0 Å². The predicted molar refractivity (Wildman–Crippen MR) is 61.7 cm³/mol. The van der Waals surface area contributed by atoms with Crippen molar-refractivity contribution < 1.29 is 0 Å². The summed E-state index contributed by atoms with van der Waals surface area (Å²) in [4.78, 5) is 7.71. The smallest absolute Gasteiger partial charge is 0.187 e. The molecule has 15 heavy (non-hydrogen) atoms. The Morgan fingerprint density at radius 1 is 1.33 bits per heavy atom. The molecule has 2 N–H and O–H groups in total. The minimum absolute atomic E-state index is 0.469. The van der Waals surface area contributed by atoms with Gasteiger partial charge in [-0.1, -0.05) is 24.3 Å². The molecule has 0 saturated carbocycles. The van der Waals surface area contributed by atoms with E-state index < -0.39 is 0 Å². The molecular weight excluding hydrogens is 206 g/mol. The molecule has 2 rings (SSSR count). The largest absolute Gasteiger partial charge is 0.325 e. The average Bonchev–Trinajstić information content (AvgIpc) is 2.78. The number of rotatable bonds is 2. The molecule has 0 radical (unpaired) electrons. The number of hydrogen-bond acceptors (Lipinski definition) is 3. The first-order valence-corrected chi connectivity index (χ1v) is 5.34. The van der Waals surface area contributed by atoms with Gasteiger partial charge in [-0.2, -0.15) is 0 Å². The first-order chi connectivity index (χ1) is 7.33. The molecule has 0 aliphatic carbocycles. The molecule has 1 heterocycles. The molecule has 0 fully saturated rings. The van der Waals surface area contributed by atoms with Gasteiger partial charge in [0.15, 0.2) is 5.69 Å². The summed E-state index contributed by atoms with van der Waals surface area (Å²) < 4.78 is 0. The molecule has 1 aromatic heterocycles. The molecule has 0 spiro atoms. The van der Waals surface area contributed by atoms with Crippen molar-refractivity contribution in [3.63, 3.8) is 0 Å². The van der Waals surface area contributed by atoms with Crippen molar-refractivity contribution in [3.8, 4) is 10.6 Å². The second kappa shape index (κ2) is 4.22. The van der Waals surface area contributed by atoms with Gasteiger partial charge in [0.05, 0.1) is 12.3 Å². The van der Waals surface area contributed by atoms with Gasteiger partial charge in [0.2, 0.25) is 0 Å². The molecule has 0 unspecified atom stereocenters. The van der Waals surface area contributed by atoms with Crippen LogP contribution in [0, 0.1) is 6.57 Å². The Hall–Kier alpha value is -1.70. The first kappa shape index (κ1) is 9.84. The maximum absolute atomic E-state index is 6.85. The van der Waals surface area contributed by atoms with Crippen LogP contribution in [0.4, 0.5) is 5.69 Å². The number of benzene rings is 1. The minimum Gasteiger partial charge on any atom is -0.325 e. The number of nitrogens with two attached hydrogens (primary N) is 1. The molecule has 1 aromatic carbocycles. The fourth-order valence-corrected chi connectivity index (χ4v) is 2.05. The lowest BCUT2D eigenvalue weighted by atomic mass is 10.2. The van der Waals surface area contributed by atoms with Crippen LogP contribution in [0.1, 0.15) is 5.69 Å². The SMILES string of the molecule is [C-]#[N+]c1ccc(-c2nc(CN)cs2)cc1. The highest BCUT2D eigenvalue weighted by molar-refractivity contribution is 7.13. The van der Waals surface area contributed by atoms with Gasteiger partial charge < -0.3 is 5.73 Å². The van der Waals surface area contributed by atoms with Crippen molar-refractivity contribution in [2.75, 3.05) is 0 Å². The van der Waals surface area contributed by atoms with E-state index in [4.69, 9.17) is 12.3 Å². The van der Waals surface area contributed by atoms with E-state index in [2.05, 4.69) is 9.83 Å². The van der Waals surface area contributed by atoms with E-state index in [0.29, 0.717) is 12.2 Å². The summed E-state index contributed by atoms with van der Waals surface area (Å²) in [6.07, 6.45) is 0. The van der Waals surface area contributed by atoms with Crippen LogP contribution < -0.4 is 5.73 Å². The van der Waals surface area contributed by atoms with E-state index >= 15 is 0 Å². The highest BCUT2D eigenvalue weighted by atomic mass is 32.1. The molecular formula is C11H9N3S. The maximum atomic E-state index is 6.85. The Bertz CT molecular complexity index is 493. The van der Waals surface area contributed by atoms with E-state index in [9.17, 15) is 0 Å². The van der Waals surface area contributed by atoms with Crippen LogP contribution in [-0.2, 0) is 6.54 Å². The van der Waals surface area contributed by atoms with Crippen LogP contribution in [0.3, 0.4) is 0 Å². The van der Waals surface area contributed by atoms with Crippen molar-refractivity contribution in [2.45, 2.75) is 6.54 Å². The maximum Gasteiger partial charge on any atom is 0.187 e. The highest BCUT2D eigenvalue weighted by Crippen LogP contribution is 2.25. The molecule has 74 valence electrons. The van der Waals surface area contributed by atoms with E-state index in [1.807, 2.05) is 17.5 Å². The second-order valence-electron chi connectivity index (χ2n) is 3.01. The lowest BCUT2D eigenvalue weighted by Crippen LogP contribution is -1.95. The first-order valence-electron chi connectivity index (χ1n) is 4.46. The van der Waals surface area contributed by atoms with Gasteiger partial charge in [-0.15, -0.1) is 11.3 Å². The molecule has 0 bridgehead atoms. The van der Waals surface area contributed by atoms with Crippen molar-refractivity contribution in [3.05, 3.63) is 46.8 Å². The quantitative estimate of drug-likeness (QED) is 0.783. The summed E-state index contributed by atoms with van der Waals surface area (Å²) >= 11 is 1.57. The monoisotopic (exact) mass is 215 g/mol. The Labute approximate surface area is 92.0 Å². The standard InChI is InChI=1S/C11H9N3S/c1-13-9-4-2-8(3-5-9)11-14-10(6-12)7-15-11/h2-5,7H,6,12H2. The number of nitrogens with zero attached hydrogens (tertiary/aromatic N) is 2. The third-order valence-electron chi connectivity index (χ3n) is 2.00. The van der Waals surface area contributed by atoms with Gasteiger partial charge in [-0.25, -0.2) is 9.83 Å². The molecule has 3 nitrogen and oxygen atoms in total. The fraction of sp³-hybridized carbons (Fsp3) is 0.0909. The summed E-state index contributed by atoms with van der Waals surface area (Å²) in [6.45, 7) is 7.32. The highest BCUT2D eigenvalue weighted by Gasteiger charge is 2.03. The summed E-state index contributed by atoms with van der Waals surface area (Å²) in [5.41, 5.74) is 8.08. The summed E-state index contributed by atoms with van der Waals surface area (Å²) in [7, 11) is 0. The zero-order valence-electron chi connectivity index (χ0n) is 7.97. The van der Waals surface area contributed by atoms with Crippen LogP contribution in [0.25, 0.3) is 15.4 Å². The summed E-state index contributed by atoms with van der Waals surface area (Å²) in [5.74, 6) is 0. The zero-order chi connectivity index (χ0) is 10.7. The third-order valence-corrected chi connectivity index (χ3v) is 2.94. The molecule has 0 amide bonds. The Balaban J connectivity index is 2.33. The van der Waals surface area contributed by atoms with E-state index in [1.54, 1.807) is 23.5 Å². The summed E-state index contributed by atoms with van der Waals surface area (Å²) in [5, 5.41) is 2.91. The number of aromatic nitrogens is 1. The van der Waals surface area contributed by atoms with Crippen LogP contribution in [0.15, 0.2) is 29.6 Å². The van der Waals surface area contributed by atoms with Crippen LogP contribution in [0.2, 0.25) is 0 Å². The van der Waals surface area contributed by atoms with Gasteiger partial charge in [0.1, 0.15) is 5.01 Å². The molecule has 0 aliphatic rings. The Morgan fingerprint density at radius 3 is 2.60 bits per heavy atom. The normalized spacial score (nSPS) is 9.87. The second-order valence-corrected chi connectivity index (χ2v) is 3.86. The van der Waals surface area contributed by atoms with Crippen molar-refractivity contribution >= 4 is 17.0 Å². The average molecular weight is 215 g/mol. The van der Waals surface area contributed by atoms with Crippen molar-refractivity contribution in [2.24, 2.45) is 5.73 Å². The van der Waals surface area contributed by atoms with E-state index in [0.717, 1.165) is 16.3 Å². The van der Waals surface area contributed by atoms with Crippen LogP contribution in [0.5, 0.6) is 0 Å². The van der Waals surface area contributed by atoms with Gasteiger partial charge in [0.25, 0.3) is 0 Å². The minimum atomic E-state index is 0.469. The number of thiazole rings is 1. The van der Waals surface area contributed by atoms with Crippen molar-refractivity contribution in [1.82, 2.24) is 4.98 Å². The fourth-order valence-electron chi connectivity index (χ4n) is 1.21. The Morgan fingerprint density at radius 2 is 2.07 bits per heavy atom. The Kier molecular flexibility index (Phi) is 2.77. The molecule has 0 aliphatic heterocycles. The predicted octanol–water partition coefficient (Wildman–Crippen LogP) is 2.82. The van der Waals surface area contributed by atoms with Crippen molar-refractivity contribution in [1.29, 1.82) is 0 Å². The van der Waals surface area contributed by atoms with Gasteiger partial charge in [0, 0.05) is 17.5 Å². The third kappa shape index (κ3) is 2.04. The van der Waals surface area contributed by atoms with E-state index in [-0.39, 0.29) is 0 Å². The topological polar surface area (TPSA) is 43.3 Å². The lowest BCUT2D eigenvalue weighted by Gasteiger charge is -1.95. The van der Waals surface area contributed by atoms with Gasteiger partial charge in [-0.05, 0) is 0 Å². The van der Waals surface area contributed by atoms with E-state index in [1.165, 1.54) is 0 Å². The molecule has 0 atom stereocenters. The molecule has 2 aromatic rings. The summed E-state index contributed by atoms with van der Waals surface area (Å²) in [6, 6.07) is 7.41.